The lowest BCUT2D eigenvalue weighted by molar-refractivity contribution is 0.0907. The summed E-state index contributed by atoms with van der Waals surface area (Å²) in [4.78, 5) is 16.6. The van der Waals surface area contributed by atoms with E-state index >= 15 is 0 Å². The van der Waals surface area contributed by atoms with Gasteiger partial charge in [-0.2, -0.15) is 0 Å². The van der Waals surface area contributed by atoms with Crippen LogP contribution in [-0.2, 0) is 0 Å². The van der Waals surface area contributed by atoms with Gasteiger partial charge in [-0.05, 0) is 49.7 Å². The molecular formula is C16H19FN4O. The number of benzene rings is 1. The van der Waals surface area contributed by atoms with Gasteiger partial charge in [0.25, 0.3) is 5.91 Å². The Balaban J connectivity index is 1.79. The van der Waals surface area contributed by atoms with E-state index < -0.39 is 0 Å². The van der Waals surface area contributed by atoms with Gasteiger partial charge in [0, 0.05) is 11.7 Å². The molecule has 22 heavy (non-hydrogen) atoms. The van der Waals surface area contributed by atoms with E-state index in [2.05, 4.69) is 22.5 Å². The molecule has 0 aliphatic carbocycles. The summed E-state index contributed by atoms with van der Waals surface area (Å²) in [6, 6.07) is 6.14. The van der Waals surface area contributed by atoms with Gasteiger partial charge in [0.2, 0.25) is 0 Å². The molecule has 0 saturated carbocycles. The number of hydrogen-bond donors (Lipinski definition) is 2. The van der Waals surface area contributed by atoms with Crippen molar-refractivity contribution in [2.24, 2.45) is 5.92 Å². The van der Waals surface area contributed by atoms with Crippen molar-refractivity contribution in [2.45, 2.75) is 19.4 Å². The lowest BCUT2D eigenvalue weighted by Crippen LogP contribution is -2.48. The zero-order chi connectivity index (χ0) is 15.5. The van der Waals surface area contributed by atoms with Crippen LogP contribution in [0.1, 0.15) is 23.8 Å². The summed E-state index contributed by atoms with van der Waals surface area (Å²) in [5.41, 5.74) is 1.17. The maximum absolute atomic E-state index is 13.0. The third-order valence-electron chi connectivity index (χ3n) is 4.08. The van der Waals surface area contributed by atoms with Crippen molar-refractivity contribution in [2.75, 3.05) is 13.1 Å². The second kappa shape index (κ2) is 6.27. The number of hydrogen-bond acceptors (Lipinski definition) is 3. The molecule has 2 unspecified atom stereocenters. The Labute approximate surface area is 128 Å². The monoisotopic (exact) mass is 302 g/mol. The van der Waals surface area contributed by atoms with Gasteiger partial charge < -0.3 is 10.6 Å². The summed E-state index contributed by atoms with van der Waals surface area (Å²) in [7, 11) is 0. The fraction of sp³-hybridized carbons (Fsp3) is 0.375. The first-order valence-electron chi connectivity index (χ1n) is 7.45. The minimum Gasteiger partial charge on any atom is -0.348 e. The molecule has 1 aliphatic rings. The average molecular weight is 302 g/mol. The van der Waals surface area contributed by atoms with E-state index in [9.17, 15) is 9.18 Å². The van der Waals surface area contributed by atoms with Crippen molar-refractivity contribution < 1.29 is 9.18 Å². The second-order valence-electron chi connectivity index (χ2n) is 5.68. The first kappa shape index (κ1) is 14.7. The predicted molar refractivity (Wildman–Crippen MR) is 81.4 cm³/mol. The molecular weight excluding hydrogens is 283 g/mol. The summed E-state index contributed by atoms with van der Waals surface area (Å²) >= 11 is 0. The number of nitrogens with one attached hydrogen (secondary N) is 2. The first-order chi connectivity index (χ1) is 10.6. The maximum atomic E-state index is 13.0. The zero-order valence-corrected chi connectivity index (χ0v) is 12.4. The van der Waals surface area contributed by atoms with Crippen LogP contribution in [-0.4, -0.2) is 34.6 Å². The molecule has 6 heteroatoms. The number of aromatic nitrogens is 2. The Hall–Kier alpha value is -2.21. The largest absolute Gasteiger partial charge is 0.348 e. The number of amides is 1. The number of nitrogens with zero attached hydrogens (tertiary/aromatic N) is 2. The number of imidazole rings is 1. The van der Waals surface area contributed by atoms with Gasteiger partial charge in [0.15, 0.2) is 0 Å². The van der Waals surface area contributed by atoms with Crippen molar-refractivity contribution >= 4 is 5.91 Å². The maximum Gasteiger partial charge on any atom is 0.270 e. The van der Waals surface area contributed by atoms with E-state index in [4.69, 9.17) is 0 Å². The van der Waals surface area contributed by atoms with Crippen LogP contribution in [0.2, 0.25) is 0 Å². The fourth-order valence-electron chi connectivity index (χ4n) is 2.74. The Morgan fingerprint density at radius 1 is 1.41 bits per heavy atom. The normalized spacial score (nSPS) is 21.5. The fourth-order valence-corrected chi connectivity index (χ4v) is 2.74. The van der Waals surface area contributed by atoms with Gasteiger partial charge >= 0.3 is 0 Å². The molecule has 1 fully saturated rings. The molecule has 1 amide bonds. The Bertz CT molecular complexity index is 652. The predicted octanol–water partition coefficient (Wildman–Crippen LogP) is 1.74. The minimum absolute atomic E-state index is 0.152. The molecule has 5 nitrogen and oxygen atoms in total. The van der Waals surface area contributed by atoms with Crippen LogP contribution in [0.4, 0.5) is 4.39 Å². The molecule has 0 spiro atoms. The summed E-state index contributed by atoms with van der Waals surface area (Å²) in [5.74, 6) is -0.0705. The summed E-state index contributed by atoms with van der Waals surface area (Å²) in [5, 5.41) is 6.39. The lowest BCUT2D eigenvalue weighted by Gasteiger charge is -2.30. The van der Waals surface area contributed by atoms with E-state index in [1.54, 1.807) is 23.0 Å². The van der Waals surface area contributed by atoms with Crippen molar-refractivity contribution in [3.05, 3.63) is 48.3 Å². The van der Waals surface area contributed by atoms with Crippen LogP contribution >= 0.6 is 0 Å². The number of carbonyl (C=O) groups is 1. The van der Waals surface area contributed by atoms with E-state index in [0.29, 0.717) is 17.3 Å². The molecule has 1 saturated heterocycles. The van der Waals surface area contributed by atoms with Gasteiger partial charge in [0.1, 0.15) is 11.5 Å². The molecule has 3 rings (SSSR count). The zero-order valence-electron chi connectivity index (χ0n) is 12.4. The molecule has 0 bridgehead atoms. The Morgan fingerprint density at radius 3 is 2.91 bits per heavy atom. The van der Waals surface area contributed by atoms with Crippen molar-refractivity contribution in [1.82, 2.24) is 20.2 Å². The van der Waals surface area contributed by atoms with Crippen LogP contribution in [0.5, 0.6) is 0 Å². The number of rotatable bonds is 3. The van der Waals surface area contributed by atoms with Crippen molar-refractivity contribution in [3.63, 3.8) is 0 Å². The highest BCUT2D eigenvalue weighted by atomic mass is 19.1. The molecule has 0 radical (unpaired) electrons. The third kappa shape index (κ3) is 3.01. The van der Waals surface area contributed by atoms with Crippen LogP contribution in [0.3, 0.4) is 0 Å². The molecule has 116 valence electrons. The molecule has 2 aromatic rings. The third-order valence-corrected chi connectivity index (χ3v) is 4.08. The number of halogens is 1. The Morgan fingerprint density at radius 2 is 2.18 bits per heavy atom. The first-order valence-corrected chi connectivity index (χ1v) is 7.45. The lowest BCUT2D eigenvalue weighted by atomic mass is 9.95. The number of carbonyl (C=O) groups excluding carboxylic acids is 1. The molecule has 1 aromatic heterocycles. The van der Waals surface area contributed by atoms with Gasteiger partial charge in [-0.25, -0.2) is 9.37 Å². The quantitative estimate of drug-likeness (QED) is 0.908. The molecule has 1 aliphatic heterocycles. The Kier molecular flexibility index (Phi) is 4.20. The smallest absolute Gasteiger partial charge is 0.270 e. The van der Waals surface area contributed by atoms with Crippen molar-refractivity contribution in [1.29, 1.82) is 0 Å². The van der Waals surface area contributed by atoms with Crippen LogP contribution in [0.25, 0.3) is 5.69 Å². The van der Waals surface area contributed by atoms with E-state index in [1.165, 1.54) is 18.3 Å². The minimum atomic E-state index is -0.307. The van der Waals surface area contributed by atoms with Crippen LogP contribution in [0, 0.1) is 11.7 Å². The molecule has 2 atom stereocenters. The average Bonchev–Trinajstić information content (AvgIpc) is 3.00. The van der Waals surface area contributed by atoms with Gasteiger partial charge in [-0.1, -0.05) is 6.92 Å². The van der Waals surface area contributed by atoms with Gasteiger partial charge in [-0.15, -0.1) is 0 Å². The summed E-state index contributed by atoms with van der Waals surface area (Å²) in [6.45, 7) is 3.93. The highest BCUT2D eigenvalue weighted by molar-refractivity contribution is 5.93. The van der Waals surface area contributed by atoms with Gasteiger partial charge in [0.05, 0.1) is 12.5 Å². The summed E-state index contributed by atoms with van der Waals surface area (Å²) < 4.78 is 14.7. The van der Waals surface area contributed by atoms with E-state index in [0.717, 1.165) is 19.5 Å². The highest BCUT2D eigenvalue weighted by Crippen LogP contribution is 2.14. The summed E-state index contributed by atoms with van der Waals surface area (Å²) in [6.07, 6.45) is 4.01. The highest BCUT2D eigenvalue weighted by Gasteiger charge is 2.24. The van der Waals surface area contributed by atoms with E-state index in [-0.39, 0.29) is 17.8 Å². The van der Waals surface area contributed by atoms with Crippen LogP contribution < -0.4 is 10.6 Å². The second-order valence-corrected chi connectivity index (χ2v) is 5.68. The van der Waals surface area contributed by atoms with Gasteiger partial charge in [-0.3, -0.25) is 9.36 Å². The standard InChI is InChI=1S/C16H19FN4O/c1-11-8-18-7-6-14(11)20-16(22)15-9-19-10-21(15)13-4-2-12(17)3-5-13/h2-5,9-11,14,18H,6-8H2,1H3,(H,20,22). The van der Waals surface area contributed by atoms with E-state index in [1.807, 2.05) is 0 Å². The molecule has 2 heterocycles. The number of piperidine rings is 1. The van der Waals surface area contributed by atoms with Crippen LogP contribution in [0.15, 0.2) is 36.8 Å². The molecule has 2 N–H and O–H groups in total. The SMILES string of the molecule is CC1CNCCC1NC(=O)c1cncn1-c1ccc(F)cc1. The van der Waals surface area contributed by atoms with Crippen molar-refractivity contribution in [3.8, 4) is 5.69 Å². The topological polar surface area (TPSA) is 58.9 Å². The molecule has 1 aromatic carbocycles.